The topological polar surface area (TPSA) is 144 Å². The van der Waals surface area contributed by atoms with Crippen molar-refractivity contribution in [3.05, 3.63) is 70.9 Å². The summed E-state index contributed by atoms with van der Waals surface area (Å²) in [7, 11) is 3.15. The highest BCUT2D eigenvalue weighted by Crippen LogP contribution is 2.20. The minimum Gasteiger partial charge on any atom is -0.447 e. The fourth-order valence-corrected chi connectivity index (χ4v) is 4.00. The molecule has 0 aliphatic heterocycles. The summed E-state index contributed by atoms with van der Waals surface area (Å²) in [4.78, 5) is 34.6. The van der Waals surface area contributed by atoms with E-state index in [1.165, 1.54) is 48.5 Å². The number of aliphatic imine (C=N–C) groups is 1. The molecule has 0 saturated carbocycles. The minimum atomic E-state index is -0.810. The van der Waals surface area contributed by atoms with E-state index in [4.69, 9.17) is 21.6 Å². The molecule has 2 aromatic carbocycles. The molecule has 11 nitrogen and oxygen atoms in total. The summed E-state index contributed by atoms with van der Waals surface area (Å²) in [5, 5.41) is 20.8. The number of nitrogens with zero attached hydrogens (tertiary/aromatic N) is 4. The van der Waals surface area contributed by atoms with Gasteiger partial charge in [0.2, 0.25) is 12.2 Å². The Morgan fingerprint density at radius 1 is 1.20 bits per heavy atom. The number of hydrogen-bond acceptors (Lipinski definition) is 6. The van der Waals surface area contributed by atoms with E-state index in [9.17, 15) is 18.4 Å². The number of carbonyl (C=O) groups is 2. The smallest absolute Gasteiger partial charge is 0.412 e. The van der Waals surface area contributed by atoms with E-state index in [2.05, 4.69) is 31.2 Å². The van der Waals surface area contributed by atoms with Crippen LogP contribution in [0.5, 0.6) is 0 Å². The van der Waals surface area contributed by atoms with E-state index in [1.807, 2.05) is 0 Å². The molecule has 0 unspecified atom stereocenters. The number of likely N-dealkylation sites (N-methyl/N-ethyl adjacent to an activating group) is 1. The normalized spacial score (nSPS) is 11.8. The first-order valence-electron chi connectivity index (χ1n) is 12.5. The average Bonchev–Trinajstić information content (AvgIpc) is 2.96. The third kappa shape index (κ3) is 9.18. The number of pyridine rings is 1. The second-order valence-electron chi connectivity index (χ2n) is 8.80. The Morgan fingerprint density at radius 2 is 2.00 bits per heavy atom. The van der Waals surface area contributed by atoms with Crippen molar-refractivity contribution in [2.45, 2.75) is 25.4 Å². The number of aromatic nitrogens is 1. The number of ether oxygens (including phenoxy) is 1. The number of urea groups is 1. The molecule has 0 saturated heterocycles. The third-order valence-corrected chi connectivity index (χ3v) is 6.48. The zero-order chi connectivity index (χ0) is 29.8. The number of fused-ring (bicyclic) bond motifs is 1. The van der Waals surface area contributed by atoms with Gasteiger partial charge in [0, 0.05) is 38.8 Å². The number of hydrogen-bond donors (Lipinski definition) is 4. The van der Waals surface area contributed by atoms with Crippen LogP contribution in [0, 0.1) is 23.1 Å². The molecule has 3 aromatic rings. The monoisotopic (exact) mass is 586 g/mol. The summed E-state index contributed by atoms with van der Waals surface area (Å²) >= 11 is 5.98. The lowest BCUT2D eigenvalue weighted by Crippen LogP contribution is -2.46. The molecule has 0 spiro atoms. The van der Waals surface area contributed by atoms with Crippen LogP contribution in [0.25, 0.3) is 10.8 Å². The van der Waals surface area contributed by atoms with Crippen molar-refractivity contribution in [3.63, 3.8) is 0 Å². The molecule has 1 heterocycles. The van der Waals surface area contributed by atoms with Crippen molar-refractivity contribution >= 4 is 46.3 Å². The zero-order valence-electron chi connectivity index (χ0n) is 22.4. The van der Waals surface area contributed by atoms with Crippen LogP contribution in [0.1, 0.15) is 18.4 Å². The lowest BCUT2D eigenvalue weighted by atomic mass is 10.1. The maximum absolute atomic E-state index is 13.8. The molecule has 41 heavy (non-hydrogen) atoms. The van der Waals surface area contributed by atoms with Crippen molar-refractivity contribution in [3.8, 4) is 6.19 Å². The van der Waals surface area contributed by atoms with Gasteiger partial charge in [-0.1, -0.05) is 23.7 Å². The molecule has 4 N–H and O–H groups in total. The van der Waals surface area contributed by atoms with E-state index in [0.29, 0.717) is 41.7 Å². The quantitative estimate of drug-likeness (QED) is 0.120. The highest BCUT2D eigenvalue weighted by atomic mass is 35.5. The molecule has 1 atom stereocenters. The molecule has 216 valence electrons. The number of rotatable bonds is 10. The van der Waals surface area contributed by atoms with Gasteiger partial charge < -0.3 is 25.6 Å². The van der Waals surface area contributed by atoms with Gasteiger partial charge in [0.15, 0.2) is 0 Å². The molecule has 3 rings (SSSR count). The van der Waals surface area contributed by atoms with Crippen molar-refractivity contribution in [2.75, 3.05) is 32.6 Å². The second-order valence-corrected chi connectivity index (χ2v) is 9.18. The van der Waals surface area contributed by atoms with Gasteiger partial charge in [0.25, 0.3) is 0 Å². The summed E-state index contributed by atoms with van der Waals surface area (Å²) in [6.45, 7) is 0.236. The van der Waals surface area contributed by atoms with Gasteiger partial charge in [0.1, 0.15) is 24.1 Å². The number of nitrogens with one attached hydrogen (secondary N) is 4. The summed E-state index contributed by atoms with van der Waals surface area (Å²) < 4.78 is 32.7. The predicted octanol–water partition coefficient (Wildman–Crippen LogP) is 4.35. The third-order valence-electron chi connectivity index (χ3n) is 6.06. The van der Waals surface area contributed by atoms with E-state index in [-0.39, 0.29) is 24.0 Å². The number of amides is 3. The first-order valence-corrected chi connectivity index (χ1v) is 12.9. The fraction of sp³-hybridized carbons (Fsp3) is 0.296. The standard InChI is InChI=1S/C27H29ClF2N8O3/c1-32-25(36-16-31)33-10-4-6-21(38(2)26(39)35-14-18-5-3-7-22(30)24(18)28)15-41-27(40)37-23-12-19-11-20(29)9-8-17(19)13-34-23/h3,5,7-9,11-13,21H,4,6,10,14-15H2,1-2H3,(H,35,39)(H2,32,33,36)(H,34,37,40)/t21-/m0/s1. The molecule has 1 aromatic heterocycles. The lowest BCUT2D eigenvalue weighted by Gasteiger charge is -2.28. The Balaban J connectivity index is 1.62. The molecule has 0 aliphatic carbocycles. The van der Waals surface area contributed by atoms with Crippen molar-refractivity contribution in [2.24, 2.45) is 4.99 Å². The van der Waals surface area contributed by atoms with Crippen LogP contribution < -0.4 is 21.3 Å². The first-order chi connectivity index (χ1) is 19.7. The van der Waals surface area contributed by atoms with Crippen LogP contribution in [0.4, 0.5) is 24.2 Å². The van der Waals surface area contributed by atoms with Crippen molar-refractivity contribution in [1.82, 2.24) is 25.8 Å². The van der Waals surface area contributed by atoms with E-state index < -0.39 is 29.8 Å². The van der Waals surface area contributed by atoms with Crippen molar-refractivity contribution < 1.29 is 23.1 Å². The average molecular weight is 587 g/mol. The summed E-state index contributed by atoms with van der Waals surface area (Å²) in [5.41, 5.74) is 0.406. The minimum absolute atomic E-state index is 0.0141. The van der Waals surface area contributed by atoms with Gasteiger partial charge in [-0.3, -0.25) is 5.32 Å². The van der Waals surface area contributed by atoms with Gasteiger partial charge in [0.05, 0.1) is 11.1 Å². The van der Waals surface area contributed by atoms with Crippen LogP contribution in [0.2, 0.25) is 5.02 Å². The number of benzene rings is 2. The van der Waals surface area contributed by atoms with Crippen LogP contribution in [-0.4, -0.2) is 61.3 Å². The van der Waals surface area contributed by atoms with E-state index >= 15 is 0 Å². The van der Waals surface area contributed by atoms with Gasteiger partial charge in [-0.2, -0.15) is 5.26 Å². The fourth-order valence-electron chi connectivity index (χ4n) is 3.81. The number of halogens is 3. The molecule has 0 radical (unpaired) electrons. The lowest BCUT2D eigenvalue weighted by molar-refractivity contribution is 0.113. The van der Waals surface area contributed by atoms with Crippen LogP contribution >= 0.6 is 11.6 Å². The number of carbonyl (C=O) groups excluding carboxylic acids is 2. The zero-order valence-corrected chi connectivity index (χ0v) is 23.1. The Kier molecular flexibility index (Phi) is 11.4. The summed E-state index contributed by atoms with van der Waals surface area (Å²) in [5.74, 6) is -0.552. The molecule has 0 fully saturated rings. The molecule has 0 bridgehead atoms. The largest absolute Gasteiger partial charge is 0.447 e. The maximum atomic E-state index is 13.8. The summed E-state index contributed by atoms with van der Waals surface area (Å²) in [6.07, 6.45) is 3.30. The number of anilines is 1. The molecular weight excluding hydrogens is 558 g/mol. The van der Waals surface area contributed by atoms with E-state index in [0.717, 1.165) is 0 Å². The SMILES string of the molecule is CN/C(=N\C#N)NCCC[C@@H](COC(=O)Nc1cc2cc(F)ccc2cn1)N(C)C(=O)NCc1cccc(F)c1Cl. The number of guanidine groups is 1. The highest BCUT2D eigenvalue weighted by molar-refractivity contribution is 6.31. The Morgan fingerprint density at radius 3 is 2.76 bits per heavy atom. The van der Waals surface area contributed by atoms with Gasteiger partial charge >= 0.3 is 12.1 Å². The van der Waals surface area contributed by atoms with Crippen LogP contribution in [0.3, 0.4) is 0 Å². The molecule has 14 heteroatoms. The van der Waals surface area contributed by atoms with Crippen molar-refractivity contribution in [1.29, 1.82) is 5.26 Å². The van der Waals surface area contributed by atoms with E-state index in [1.54, 1.807) is 25.4 Å². The van der Waals surface area contributed by atoms with Gasteiger partial charge in [-0.05, 0) is 54.1 Å². The highest BCUT2D eigenvalue weighted by Gasteiger charge is 2.22. The summed E-state index contributed by atoms with van der Waals surface area (Å²) in [6, 6.07) is 8.99. The van der Waals surface area contributed by atoms with Crippen LogP contribution in [0.15, 0.2) is 53.7 Å². The Bertz CT molecular complexity index is 1450. The molecule has 3 amide bonds. The maximum Gasteiger partial charge on any atom is 0.412 e. The Labute approximate surface area is 240 Å². The van der Waals surface area contributed by atoms with Gasteiger partial charge in [-0.25, -0.2) is 23.4 Å². The van der Waals surface area contributed by atoms with Gasteiger partial charge in [-0.15, -0.1) is 4.99 Å². The Hall–Kier alpha value is -4.70. The molecular formula is C27H29ClF2N8O3. The first kappa shape index (κ1) is 30.8. The number of nitriles is 1. The predicted molar refractivity (Wildman–Crippen MR) is 151 cm³/mol. The second kappa shape index (κ2) is 15.2. The molecule has 0 aliphatic rings. The van der Waals surface area contributed by atoms with Crippen LogP contribution in [-0.2, 0) is 11.3 Å².